The highest BCUT2D eigenvalue weighted by molar-refractivity contribution is 7.98. The van der Waals surface area contributed by atoms with Crippen molar-refractivity contribution in [2.75, 3.05) is 31.8 Å². The molecule has 2 N–H and O–H groups in total. The van der Waals surface area contributed by atoms with Crippen molar-refractivity contribution >= 4 is 23.5 Å². The first kappa shape index (κ1) is 20.1. The zero-order valence-corrected chi connectivity index (χ0v) is 17.2. The molecule has 6 heteroatoms. The van der Waals surface area contributed by atoms with E-state index in [4.69, 9.17) is 4.99 Å². The molecule has 0 bridgehead atoms. The molecular formula is C20H29N5S. The largest absolute Gasteiger partial charge is 0.363 e. The molecule has 0 aliphatic rings. The van der Waals surface area contributed by atoms with E-state index in [0.29, 0.717) is 6.54 Å². The van der Waals surface area contributed by atoms with Crippen LogP contribution < -0.4 is 15.5 Å². The number of benzene rings is 1. The summed E-state index contributed by atoms with van der Waals surface area (Å²) in [5, 5.41) is 6.75. The van der Waals surface area contributed by atoms with Gasteiger partial charge >= 0.3 is 0 Å². The van der Waals surface area contributed by atoms with Crippen LogP contribution >= 0.6 is 11.8 Å². The molecule has 0 spiro atoms. The Hall–Kier alpha value is -2.21. The lowest BCUT2D eigenvalue weighted by molar-refractivity contribution is 0.807. The molecule has 5 nitrogen and oxygen atoms in total. The predicted molar refractivity (Wildman–Crippen MR) is 113 cm³/mol. The Labute approximate surface area is 161 Å². The highest BCUT2D eigenvalue weighted by Crippen LogP contribution is 2.21. The van der Waals surface area contributed by atoms with Crippen molar-refractivity contribution in [2.45, 2.75) is 31.8 Å². The second kappa shape index (κ2) is 10.1. The van der Waals surface area contributed by atoms with Gasteiger partial charge in [0.15, 0.2) is 5.96 Å². The average molecular weight is 372 g/mol. The van der Waals surface area contributed by atoms with E-state index in [1.54, 1.807) is 11.8 Å². The van der Waals surface area contributed by atoms with Crippen molar-refractivity contribution in [2.24, 2.45) is 4.99 Å². The van der Waals surface area contributed by atoms with Crippen LogP contribution in [-0.2, 0) is 13.1 Å². The van der Waals surface area contributed by atoms with Gasteiger partial charge in [0, 0.05) is 38.3 Å². The topological polar surface area (TPSA) is 52.6 Å². The Balaban J connectivity index is 2.06. The number of hydrogen-bond acceptors (Lipinski definition) is 4. The van der Waals surface area contributed by atoms with E-state index in [2.05, 4.69) is 60.0 Å². The van der Waals surface area contributed by atoms with E-state index in [-0.39, 0.29) is 0 Å². The van der Waals surface area contributed by atoms with Gasteiger partial charge in [0.05, 0.1) is 6.54 Å². The third-order valence-electron chi connectivity index (χ3n) is 3.92. The average Bonchev–Trinajstić information content (AvgIpc) is 2.64. The van der Waals surface area contributed by atoms with Gasteiger partial charge < -0.3 is 15.5 Å². The van der Waals surface area contributed by atoms with Gasteiger partial charge in [0.1, 0.15) is 5.82 Å². The zero-order valence-electron chi connectivity index (χ0n) is 16.3. The number of nitrogens with one attached hydrogen (secondary N) is 2. The fraction of sp³-hybridized carbons (Fsp3) is 0.400. The van der Waals surface area contributed by atoms with E-state index in [1.165, 1.54) is 16.0 Å². The van der Waals surface area contributed by atoms with Crippen LogP contribution in [0.4, 0.5) is 5.82 Å². The van der Waals surface area contributed by atoms with Crippen molar-refractivity contribution < 1.29 is 0 Å². The molecule has 26 heavy (non-hydrogen) atoms. The van der Waals surface area contributed by atoms with Gasteiger partial charge in [-0.2, -0.15) is 0 Å². The molecular weight excluding hydrogens is 342 g/mol. The molecule has 0 fully saturated rings. The van der Waals surface area contributed by atoms with Gasteiger partial charge in [-0.1, -0.05) is 12.1 Å². The molecule has 0 amide bonds. The number of nitrogens with zero attached hydrogens (tertiary/aromatic N) is 3. The molecule has 0 radical (unpaired) electrons. The summed E-state index contributed by atoms with van der Waals surface area (Å²) in [7, 11) is 3.98. The second-order valence-electron chi connectivity index (χ2n) is 6.28. The van der Waals surface area contributed by atoms with Gasteiger partial charge in [-0.15, -0.1) is 11.8 Å². The molecule has 0 unspecified atom stereocenters. The summed E-state index contributed by atoms with van der Waals surface area (Å²) in [5.41, 5.74) is 3.71. The SMILES string of the molecule is CCNC(=NCc1ccnc(N(C)C)c1)NCc1ccc(C)cc1SC. The first-order valence-electron chi connectivity index (χ1n) is 8.81. The molecule has 2 rings (SSSR count). The van der Waals surface area contributed by atoms with Gasteiger partial charge in [-0.05, 0) is 55.0 Å². The lowest BCUT2D eigenvalue weighted by Gasteiger charge is -2.14. The summed E-state index contributed by atoms with van der Waals surface area (Å²) < 4.78 is 0. The lowest BCUT2D eigenvalue weighted by atomic mass is 10.1. The number of pyridine rings is 1. The molecule has 1 aromatic carbocycles. The summed E-state index contributed by atoms with van der Waals surface area (Å²) in [4.78, 5) is 12.4. The van der Waals surface area contributed by atoms with E-state index >= 15 is 0 Å². The van der Waals surface area contributed by atoms with E-state index in [0.717, 1.165) is 30.4 Å². The highest BCUT2D eigenvalue weighted by Gasteiger charge is 2.04. The van der Waals surface area contributed by atoms with Gasteiger partial charge in [-0.25, -0.2) is 9.98 Å². The molecule has 0 aliphatic carbocycles. The Bertz CT molecular complexity index is 743. The number of aliphatic imine (C=N–C) groups is 1. The third-order valence-corrected chi connectivity index (χ3v) is 4.74. The minimum atomic E-state index is 0.613. The minimum absolute atomic E-state index is 0.613. The molecule has 1 heterocycles. The summed E-state index contributed by atoms with van der Waals surface area (Å²) in [5.74, 6) is 1.77. The summed E-state index contributed by atoms with van der Waals surface area (Å²) >= 11 is 1.78. The fourth-order valence-corrected chi connectivity index (χ4v) is 3.20. The number of aryl methyl sites for hydroxylation is 1. The molecule has 0 saturated heterocycles. The van der Waals surface area contributed by atoms with Crippen LogP contribution in [-0.4, -0.2) is 37.8 Å². The molecule has 1 aromatic heterocycles. The number of guanidine groups is 1. The number of anilines is 1. The number of rotatable bonds is 7. The first-order valence-corrected chi connectivity index (χ1v) is 10.0. The third kappa shape index (κ3) is 5.95. The fourth-order valence-electron chi connectivity index (χ4n) is 2.49. The van der Waals surface area contributed by atoms with Crippen LogP contribution in [0.25, 0.3) is 0 Å². The first-order chi connectivity index (χ1) is 12.5. The quantitative estimate of drug-likeness (QED) is 0.444. The Morgan fingerprint density at radius 2 is 2.00 bits per heavy atom. The summed E-state index contributed by atoms with van der Waals surface area (Å²) in [6, 6.07) is 10.6. The molecule has 0 aliphatic heterocycles. The Kier molecular flexibility index (Phi) is 7.78. The van der Waals surface area contributed by atoms with E-state index in [9.17, 15) is 0 Å². The van der Waals surface area contributed by atoms with Crippen molar-refractivity contribution in [3.63, 3.8) is 0 Å². The van der Waals surface area contributed by atoms with Gasteiger partial charge in [0.25, 0.3) is 0 Å². The van der Waals surface area contributed by atoms with Crippen LogP contribution in [0.2, 0.25) is 0 Å². The summed E-state index contributed by atoms with van der Waals surface area (Å²) in [6.07, 6.45) is 3.95. The number of thioether (sulfide) groups is 1. The Morgan fingerprint density at radius 1 is 1.19 bits per heavy atom. The second-order valence-corrected chi connectivity index (χ2v) is 7.13. The molecule has 0 saturated carbocycles. The van der Waals surface area contributed by atoms with Crippen LogP contribution in [0.3, 0.4) is 0 Å². The minimum Gasteiger partial charge on any atom is -0.363 e. The standard InChI is InChI=1S/C20H29N5S/c1-6-21-20(23-13-16-9-10-22-19(12-16)25(3)4)24-14-17-8-7-15(2)11-18(17)26-5/h7-12H,6,13-14H2,1-5H3,(H2,21,23,24). The summed E-state index contributed by atoms with van der Waals surface area (Å²) in [6.45, 7) is 6.39. The van der Waals surface area contributed by atoms with Crippen molar-refractivity contribution in [1.29, 1.82) is 0 Å². The van der Waals surface area contributed by atoms with Crippen LogP contribution in [0, 0.1) is 6.92 Å². The lowest BCUT2D eigenvalue weighted by Crippen LogP contribution is -2.36. The van der Waals surface area contributed by atoms with Crippen molar-refractivity contribution in [3.05, 3.63) is 53.2 Å². The van der Waals surface area contributed by atoms with Crippen LogP contribution in [0.5, 0.6) is 0 Å². The smallest absolute Gasteiger partial charge is 0.191 e. The maximum atomic E-state index is 4.71. The van der Waals surface area contributed by atoms with E-state index < -0.39 is 0 Å². The van der Waals surface area contributed by atoms with E-state index in [1.807, 2.05) is 31.3 Å². The monoisotopic (exact) mass is 371 g/mol. The maximum absolute atomic E-state index is 4.71. The molecule has 0 atom stereocenters. The Morgan fingerprint density at radius 3 is 2.69 bits per heavy atom. The number of aromatic nitrogens is 1. The zero-order chi connectivity index (χ0) is 18.9. The molecule has 140 valence electrons. The van der Waals surface area contributed by atoms with Gasteiger partial charge in [-0.3, -0.25) is 0 Å². The van der Waals surface area contributed by atoms with Crippen LogP contribution in [0.15, 0.2) is 46.4 Å². The number of hydrogen-bond donors (Lipinski definition) is 2. The molecule has 2 aromatic rings. The maximum Gasteiger partial charge on any atom is 0.191 e. The normalized spacial score (nSPS) is 11.3. The van der Waals surface area contributed by atoms with Crippen LogP contribution in [0.1, 0.15) is 23.6 Å². The van der Waals surface area contributed by atoms with Gasteiger partial charge in [0.2, 0.25) is 0 Å². The van der Waals surface area contributed by atoms with Crippen molar-refractivity contribution in [1.82, 2.24) is 15.6 Å². The van der Waals surface area contributed by atoms with Crippen molar-refractivity contribution in [3.8, 4) is 0 Å². The highest BCUT2D eigenvalue weighted by atomic mass is 32.2. The predicted octanol–water partition coefficient (Wildman–Crippen LogP) is 3.43.